The number of ether oxygens (including phenoxy) is 1. The van der Waals surface area contributed by atoms with Gasteiger partial charge in [-0.2, -0.15) is 0 Å². The van der Waals surface area contributed by atoms with Crippen LogP contribution in [-0.2, 0) is 4.79 Å². The van der Waals surface area contributed by atoms with Gasteiger partial charge >= 0.3 is 0 Å². The highest BCUT2D eigenvalue weighted by Gasteiger charge is 2.35. The van der Waals surface area contributed by atoms with Gasteiger partial charge in [-0.15, -0.1) is 0 Å². The van der Waals surface area contributed by atoms with Gasteiger partial charge in [0.2, 0.25) is 5.91 Å². The summed E-state index contributed by atoms with van der Waals surface area (Å²) in [6.45, 7) is 1.98. The Morgan fingerprint density at radius 1 is 1.25 bits per heavy atom. The van der Waals surface area contributed by atoms with Crippen molar-refractivity contribution >= 4 is 5.91 Å². The van der Waals surface area contributed by atoms with Gasteiger partial charge in [0.25, 0.3) is 0 Å². The predicted molar refractivity (Wildman–Crippen MR) is 79.6 cm³/mol. The van der Waals surface area contributed by atoms with Gasteiger partial charge in [-0.05, 0) is 37.5 Å². The monoisotopic (exact) mass is 276 g/mol. The van der Waals surface area contributed by atoms with Crippen molar-refractivity contribution in [3.05, 3.63) is 29.8 Å². The first-order valence-electron chi connectivity index (χ1n) is 7.29. The number of hydrogen-bond acceptors (Lipinski definition) is 3. The minimum Gasteiger partial charge on any atom is -0.497 e. The predicted octanol–water partition coefficient (Wildman–Crippen LogP) is 2.53. The van der Waals surface area contributed by atoms with Gasteiger partial charge in [0.1, 0.15) is 5.75 Å². The molecule has 0 heterocycles. The molecular formula is C16H24N2O2. The van der Waals surface area contributed by atoms with E-state index in [-0.39, 0.29) is 11.9 Å². The van der Waals surface area contributed by atoms with Crippen LogP contribution in [0.25, 0.3) is 0 Å². The van der Waals surface area contributed by atoms with Crippen molar-refractivity contribution < 1.29 is 9.53 Å². The van der Waals surface area contributed by atoms with Gasteiger partial charge in [-0.25, -0.2) is 0 Å². The van der Waals surface area contributed by atoms with Crippen LogP contribution in [0.4, 0.5) is 0 Å². The molecule has 0 spiro atoms. The molecule has 1 fully saturated rings. The molecule has 4 heteroatoms. The lowest BCUT2D eigenvalue weighted by atomic mass is 9.81. The van der Waals surface area contributed by atoms with E-state index in [2.05, 4.69) is 5.32 Å². The van der Waals surface area contributed by atoms with Gasteiger partial charge in [0.05, 0.1) is 18.7 Å². The van der Waals surface area contributed by atoms with Gasteiger partial charge in [0.15, 0.2) is 0 Å². The summed E-state index contributed by atoms with van der Waals surface area (Å²) < 4.78 is 5.13. The van der Waals surface area contributed by atoms with Crippen LogP contribution in [0, 0.1) is 0 Å². The van der Waals surface area contributed by atoms with E-state index in [0.29, 0.717) is 0 Å². The standard InChI is InChI=1S/C16H24N2O2/c1-12(13-6-8-14(20-2)9-7-13)18-15(19)16(17)10-4-3-5-11-16/h6-9,12H,3-5,10-11,17H2,1-2H3,(H,18,19)/t12-/m1/s1. The number of nitrogens with two attached hydrogens (primary N) is 1. The Labute approximate surface area is 120 Å². The summed E-state index contributed by atoms with van der Waals surface area (Å²) in [5.41, 5.74) is 6.62. The third-order valence-electron chi connectivity index (χ3n) is 4.16. The molecule has 0 unspecified atom stereocenters. The smallest absolute Gasteiger partial charge is 0.240 e. The summed E-state index contributed by atoms with van der Waals surface area (Å²) in [7, 11) is 1.64. The zero-order valence-corrected chi connectivity index (χ0v) is 12.3. The van der Waals surface area contributed by atoms with E-state index >= 15 is 0 Å². The van der Waals surface area contributed by atoms with Crippen LogP contribution in [0.15, 0.2) is 24.3 Å². The maximum Gasteiger partial charge on any atom is 0.240 e. The Balaban J connectivity index is 1.99. The van der Waals surface area contributed by atoms with E-state index in [1.165, 1.54) is 6.42 Å². The largest absolute Gasteiger partial charge is 0.497 e. The van der Waals surface area contributed by atoms with Crippen molar-refractivity contribution in [3.63, 3.8) is 0 Å². The minimum atomic E-state index is -0.682. The van der Waals surface area contributed by atoms with Crippen LogP contribution < -0.4 is 15.8 Å². The number of amides is 1. The fraction of sp³-hybridized carbons (Fsp3) is 0.562. The molecule has 0 radical (unpaired) electrons. The van der Waals surface area contributed by atoms with Gasteiger partial charge < -0.3 is 15.8 Å². The minimum absolute atomic E-state index is 0.0273. The van der Waals surface area contributed by atoms with Crippen LogP contribution in [0.3, 0.4) is 0 Å². The molecule has 0 bridgehead atoms. The topological polar surface area (TPSA) is 64.3 Å². The molecule has 1 aromatic carbocycles. The molecule has 1 amide bonds. The number of benzene rings is 1. The van der Waals surface area contributed by atoms with Crippen molar-refractivity contribution in [3.8, 4) is 5.75 Å². The normalized spacial score (nSPS) is 19.1. The quantitative estimate of drug-likeness (QED) is 0.888. The first-order chi connectivity index (χ1) is 9.55. The Kier molecular flexibility index (Phi) is 4.65. The summed E-state index contributed by atoms with van der Waals surface area (Å²) in [6.07, 6.45) is 4.84. The van der Waals surface area contributed by atoms with Crippen LogP contribution >= 0.6 is 0 Å². The van der Waals surface area contributed by atoms with Crippen molar-refractivity contribution in [2.75, 3.05) is 7.11 Å². The second-order valence-corrected chi connectivity index (χ2v) is 5.69. The maximum atomic E-state index is 12.4. The van der Waals surface area contributed by atoms with Gasteiger partial charge in [0, 0.05) is 0 Å². The van der Waals surface area contributed by atoms with Crippen LogP contribution in [0.2, 0.25) is 0 Å². The molecule has 1 aliphatic carbocycles. The molecule has 110 valence electrons. The Hall–Kier alpha value is -1.55. The molecule has 3 N–H and O–H groups in total. The summed E-state index contributed by atoms with van der Waals surface area (Å²) in [5, 5.41) is 3.04. The van der Waals surface area contributed by atoms with E-state index in [1.807, 2.05) is 31.2 Å². The van der Waals surface area contributed by atoms with Gasteiger partial charge in [-0.3, -0.25) is 4.79 Å². The molecule has 1 aliphatic rings. The molecule has 1 aromatic rings. The van der Waals surface area contributed by atoms with E-state index < -0.39 is 5.54 Å². The molecule has 1 atom stereocenters. The Morgan fingerprint density at radius 3 is 2.40 bits per heavy atom. The Bertz CT molecular complexity index is 450. The van der Waals surface area contributed by atoms with Crippen molar-refractivity contribution in [2.45, 2.75) is 50.6 Å². The number of nitrogens with one attached hydrogen (secondary N) is 1. The van der Waals surface area contributed by atoms with E-state index in [1.54, 1.807) is 7.11 Å². The average Bonchev–Trinajstić information content (AvgIpc) is 2.48. The van der Waals surface area contributed by atoms with E-state index in [0.717, 1.165) is 37.0 Å². The third-order valence-corrected chi connectivity index (χ3v) is 4.16. The number of hydrogen-bond donors (Lipinski definition) is 2. The zero-order valence-electron chi connectivity index (χ0n) is 12.3. The molecule has 0 aliphatic heterocycles. The number of methoxy groups -OCH3 is 1. The van der Waals surface area contributed by atoms with Crippen LogP contribution in [0.5, 0.6) is 5.75 Å². The second kappa shape index (κ2) is 6.27. The SMILES string of the molecule is COc1ccc([C@@H](C)NC(=O)C2(N)CCCCC2)cc1. The summed E-state index contributed by atoms with van der Waals surface area (Å²) >= 11 is 0. The molecule has 1 saturated carbocycles. The maximum absolute atomic E-state index is 12.4. The summed E-state index contributed by atoms with van der Waals surface area (Å²) in [4.78, 5) is 12.4. The van der Waals surface area contributed by atoms with E-state index in [4.69, 9.17) is 10.5 Å². The van der Waals surface area contributed by atoms with Crippen LogP contribution in [0.1, 0.15) is 50.6 Å². The number of carbonyl (C=O) groups excluding carboxylic acids is 1. The molecule has 20 heavy (non-hydrogen) atoms. The van der Waals surface area contributed by atoms with Crippen molar-refractivity contribution in [1.29, 1.82) is 0 Å². The molecule has 0 saturated heterocycles. The van der Waals surface area contributed by atoms with Crippen molar-refractivity contribution in [2.24, 2.45) is 5.73 Å². The summed E-state index contributed by atoms with van der Waals surface area (Å²) in [6, 6.07) is 7.69. The van der Waals surface area contributed by atoms with Crippen molar-refractivity contribution in [1.82, 2.24) is 5.32 Å². The lowest BCUT2D eigenvalue weighted by Gasteiger charge is -2.33. The average molecular weight is 276 g/mol. The van der Waals surface area contributed by atoms with Gasteiger partial charge in [-0.1, -0.05) is 31.4 Å². The first kappa shape index (κ1) is 14.9. The third kappa shape index (κ3) is 3.31. The number of rotatable bonds is 4. The highest BCUT2D eigenvalue weighted by Crippen LogP contribution is 2.27. The lowest BCUT2D eigenvalue weighted by molar-refractivity contribution is -0.128. The second-order valence-electron chi connectivity index (χ2n) is 5.69. The molecule has 0 aromatic heterocycles. The Morgan fingerprint density at radius 2 is 1.85 bits per heavy atom. The lowest BCUT2D eigenvalue weighted by Crippen LogP contribution is -2.55. The molecule has 4 nitrogen and oxygen atoms in total. The van der Waals surface area contributed by atoms with E-state index in [9.17, 15) is 4.79 Å². The summed E-state index contributed by atoms with van der Waals surface area (Å²) in [5.74, 6) is 0.787. The number of carbonyl (C=O) groups is 1. The fourth-order valence-corrected chi connectivity index (χ4v) is 2.73. The fourth-order valence-electron chi connectivity index (χ4n) is 2.73. The first-order valence-corrected chi connectivity index (χ1v) is 7.29. The highest BCUT2D eigenvalue weighted by atomic mass is 16.5. The van der Waals surface area contributed by atoms with Crippen LogP contribution in [-0.4, -0.2) is 18.6 Å². The highest BCUT2D eigenvalue weighted by molar-refractivity contribution is 5.86. The zero-order chi connectivity index (χ0) is 14.6. The molecular weight excluding hydrogens is 252 g/mol. The molecule has 2 rings (SSSR count).